The van der Waals surface area contributed by atoms with Crippen molar-refractivity contribution < 1.29 is 4.79 Å². The number of amides is 1. The van der Waals surface area contributed by atoms with Gasteiger partial charge in [-0.1, -0.05) is 6.92 Å². The van der Waals surface area contributed by atoms with Crippen LogP contribution in [0.1, 0.15) is 39.4 Å². The topological polar surface area (TPSA) is 58.1 Å². The number of aromatic nitrogens is 2. The summed E-state index contributed by atoms with van der Waals surface area (Å²) in [5, 5.41) is 4.47. The molecule has 0 bridgehead atoms. The molecule has 0 spiro atoms. The Morgan fingerprint density at radius 1 is 1.48 bits per heavy atom. The van der Waals surface area contributed by atoms with Crippen LogP contribution in [0.15, 0.2) is 18.3 Å². The smallest absolute Gasteiger partial charge is 0.272 e. The quantitative estimate of drug-likeness (QED) is 0.936. The summed E-state index contributed by atoms with van der Waals surface area (Å²) < 4.78 is 0. The van der Waals surface area contributed by atoms with E-state index in [-0.39, 0.29) is 5.91 Å². The zero-order valence-electron chi connectivity index (χ0n) is 13.8. The molecule has 2 aromatic rings. The van der Waals surface area contributed by atoms with Crippen molar-refractivity contribution in [3.8, 4) is 0 Å². The molecule has 0 fully saturated rings. The van der Waals surface area contributed by atoms with Crippen molar-refractivity contribution in [2.45, 2.75) is 32.7 Å². The zero-order chi connectivity index (χ0) is 16.4. The molecule has 2 aromatic heterocycles. The number of rotatable bonds is 4. The highest BCUT2D eigenvalue weighted by atomic mass is 32.1. The lowest BCUT2D eigenvalue weighted by Gasteiger charge is -2.15. The van der Waals surface area contributed by atoms with E-state index in [2.05, 4.69) is 17.2 Å². The Morgan fingerprint density at radius 2 is 2.30 bits per heavy atom. The largest absolute Gasteiger partial charge is 0.378 e. The highest BCUT2D eigenvalue weighted by molar-refractivity contribution is 7.11. The summed E-state index contributed by atoms with van der Waals surface area (Å²) in [4.78, 5) is 23.8. The van der Waals surface area contributed by atoms with Crippen molar-refractivity contribution in [1.82, 2.24) is 14.9 Å². The van der Waals surface area contributed by atoms with E-state index in [1.165, 1.54) is 21.9 Å². The van der Waals surface area contributed by atoms with E-state index in [0.29, 0.717) is 12.2 Å². The van der Waals surface area contributed by atoms with Gasteiger partial charge in [0.1, 0.15) is 10.7 Å². The molecular weight excluding hydrogens is 308 g/mol. The number of thiazole rings is 1. The third kappa shape index (κ3) is 3.69. The van der Waals surface area contributed by atoms with Crippen LogP contribution in [-0.2, 0) is 19.4 Å². The van der Waals surface area contributed by atoms with Gasteiger partial charge in [-0.05, 0) is 37.3 Å². The van der Waals surface area contributed by atoms with Crippen molar-refractivity contribution in [1.29, 1.82) is 0 Å². The van der Waals surface area contributed by atoms with Crippen LogP contribution in [0.2, 0.25) is 0 Å². The second-order valence-electron chi connectivity index (χ2n) is 6.31. The van der Waals surface area contributed by atoms with Gasteiger partial charge in [0.25, 0.3) is 5.91 Å². The van der Waals surface area contributed by atoms with E-state index >= 15 is 0 Å². The number of nitrogens with one attached hydrogen (secondary N) is 1. The lowest BCUT2D eigenvalue weighted by molar-refractivity contribution is 0.0822. The van der Waals surface area contributed by atoms with Crippen LogP contribution in [0, 0.1) is 5.92 Å². The van der Waals surface area contributed by atoms with Gasteiger partial charge in [0, 0.05) is 30.9 Å². The van der Waals surface area contributed by atoms with Crippen molar-refractivity contribution in [3.63, 3.8) is 0 Å². The Hall–Kier alpha value is -1.95. The van der Waals surface area contributed by atoms with E-state index in [0.717, 1.165) is 29.5 Å². The van der Waals surface area contributed by atoms with E-state index < -0.39 is 0 Å². The molecular formula is C17H22N4OS. The fourth-order valence-electron chi connectivity index (χ4n) is 2.73. The molecule has 122 valence electrons. The average Bonchev–Trinajstić information content (AvgIpc) is 2.94. The predicted molar refractivity (Wildman–Crippen MR) is 92.9 cm³/mol. The summed E-state index contributed by atoms with van der Waals surface area (Å²) in [6, 6.07) is 3.67. The number of nitrogens with zero attached hydrogens (tertiary/aromatic N) is 3. The van der Waals surface area contributed by atoms with Crippen LogP contribution in [0.4, 0.5) is 5.69 Å². The Morgan fingerprint density at radius 3 is 3.09 bits per heavy atom. The zero-order valence-corrected chi connectivity index (χ0v) is 14.6. The number of hydrogen-bond acceptors (Lipinski definition) is 5. The van der Waals surface area contributed by atoms with Gasteiger partial charge in [-0.15, -0.1) is 11.3 Å². The predicted octanol–water partition coefficient (Wildman–Crippen LogP) is 2.98. The van der Waals surface area contributed by atoms with E-state index in [4.69, 9.17) is 4.98 Å². The van der Waals surface area contributed by atoms with Gasteiger partial charge in [-0.3, -0.25) is 9.78 Å². The van der Waals surface area contributed by atoms with Crippen molar-refractivity contribution in [3.05, 3.63) is 39.6 Å². The van der Waals surface area contributed by atoms with Crippen LogP contribution < -0.4 is 5.32 Å². The highest BCUT2D eigenvalue weighted by Gasteiger charge is 2.19. The van der Waals surface area contributed by atoms with Crippen LogP contribution >= 0.6 is 11.3 Å². The first-order valence-corrected chi connectivity index (χ1v) is 8.73. The van der Waals surface area contributed by atoms with Gasteiger partial charge in [0.2, 0.25) is 0 Å². The fourth-order valence-corrected chi connectivity index (χ4v) is 3.95. The number of carbonyl (C=O) groups excluding carboxylic acids is 1. The van der Waals surface area contributed by atoms with Crippen LogP contribution in [0.5, 0.6) is 0 Å². The number of anilines is 1. The molecule has 1 aliphatic carbocycles. The summed E-state index contributed by atoms with van der Waals surface area (Å²) in [7, 11) is 3.45. The van der Waals surface area contributed by atoms with Crippen molar-refractivity contribution in [2.24, 2.45) is 5.92 Å². The molecule has 0 aliphatic heterocycles. The first kappa shape index (κ1) is 15.9. The van der Waals surface area contributed by atoms with Gasteiger partial charge < -0.3 is 10.2 Å². The lowest BCUT2D eigenvalue weighted by atomic mass is 9.93. The molecule has 0 saturated carbocycles. The molecule has 1 N–H and O–H groups in total. The fraction of sp³-hybridized carbons (Fsp3) is 0.471. The normalized spacial score (nSPS) is 16.7. The first-order chi connectivity index (χ1) is 11.0. The third-order valence-electron chi connectivity index (χ3n) is 4.06. The van der Waals surface area contributed by atoms with Gasteiger partial charge in [0.15, 0.2) is 0 Å². The molecule has 0 saturated heterocycles. The molecule has 1 aliphatic rings. The van der Waals surface area contributed by atoms with Gasteiger partial charge in [0.05, 0.1) is 12.2 Å². The molecule has 23 heavy (non-hydrogen) atoms. The molecule has 1 amide bonds. The Labute approximate surface area is 140 Å². The van der Waals surface area contributed by atoms with Crippen LogP contribution in [-0.4, -0.2) is 34.9 Å². The average molecular weight is 330 g/mol. The maximum Gasteiger partial charge on any atom is 0.272 e. The summed E-state index contributed by atoms with van der Waals surface area (Å²) >= 11 is 1.81. The standard InChI is InChI=1S/C17H22N4OS/c1-11-4-5-13-15(8-11)23-16(20-13)10-19-12-6-7-18-14(9-12)17(22)21(2)3/h6-7,9,11H,4-5,8,10H2,1-3H3,(H,18,19). The molecule has 1 unspecified atom stereocenters. The van der Waals surface area contributed by atoms with Crippen LogP contribution in [0.3, 0.4) is 0 Å². The van der Waals surface area contributed by atoms with Crippen molar-refractivity contribution in [2.75, 3.05) is 19.4 Å². The van der Waals surface area contributed by atoms with Gasteiger partial charge in [-0.25, -0.2) is 4.98 Å². The summed E-state index contributed by atoms with van der Waals surface area (Å²) in [5.41, 5.74) is 2.63. The molecule has 5 nitrogen and oxygen atoms in total. The number of carbonyl (C=O) groups is 1. The van der Waals surface area contributed by atoms with E-state index in [1.54, 1.807) is 26.4 Å². The van der Waals surface area contributed by atoms with Gasteiger partial charge in [-0.2, -0.15) is 0 Å². The highest BCUT2D eigenvalue weighted by Crippen LogP contribution is 2.30. The number of hydrogen-bond donors (Lipinski definition) is 1. The first-order valence-electron chi connectivity index (χ1n) is 7.92. The van der Waals surface area contributed by atoms with E-state index in [9.17, 15) is 4.79 Å². The number of fused-ring (bicyclic) bond motifs is 1. The summed E-state index contributed by atoms with van der Waals surface area (Å²) in [6.45, 7) is 2.99. The summed E-state index contributed by atoms with van der Waals surface area (Å²) in [5.74, 6) is 0.677. The monoisotopic (exact) mass is 330 g/mol. The lowest BCUT2D eigenvalue weighted by Crippen LogP contribution is -2.22. The molecule has 0 aromatic carbocycles. The molecule has 3 rings (SSSR count). The SMILES string of the molecule is CC1CCc2nc(CNc3ccnc(C(=O)N(C)C)c3)sc2C1. The Bertz CT molecular complexity index is 710. The maximum absolute atomic E-state index is 12.0. The second kappa shape index (κ2) is 6.66. The van der Waals surface area contributed by atoms with Crippen LogP contribution in [0.25, 0.3) is 0 Å². The molecule has 2 heterocycles. The number of pyridine rings is 1. The summed E-state index contributed by atoms with van der Waals surface area (Å²) in [6.07, 6.45) is 5.16. The minimum absolute atomic E-state index is 0.0904. The Kier molecular flexibility index (Phi) is 4.61. The molecule has 1 atom stereocenters. The molecule has 6 heteroatoms. The van der Waals surface area contributed by atoms with E-state index in [1.807, 2.05) is 17.4 Å². The molecule has 0 radical (unpaired) electrons. The van der Waals surface area contributed by atoms with Crippen molar-refractivity contribution >= 4 is 22.9 Å². The maximum atomic E-state index is 12.0. The number of aryl methyl sites for hydroxylation is 1. The minimum Gasteiger partial charge on any atom is -0.378 e. The third-order valence-corrected chi connectivity index (χ3v) is 5.18. The minimum atomic E-state index is -0.0904. The Balaban J connectivity index is 1.67. The second-order valence-corrected chi connectivity index (χ2v) is 7.48. The van der Waals surface area contributed by atoms with Gasteiger partial charge >= 0.3 is 0 Å².